The number of H-pyrrole nitrogens is 1. The number of hydrogen-bond acceptors (Lipinski definition) is 7. The predicted molar refractivity (Wildman–Crippen MR) is 124 cm³/mol. The Bertz CT molecular complexity index is 1170. The molecule has 7 nitrogen and oxygen atoms in total. The van der Waals surface area contributed by atoms with E-state index in [0.717, 1.165) is 51.0 Å². The molecule has 0 spiro atoms. The number of nitrogens with zero attached hydrogens (tertiary/aromatic N) is 4. The topological polar surface area (TPSA) is 91.4 Å². The van der Waals surface area contributed by atoms with Crippen molar-refractivity contribution >= 4 is 27.4 Å². The fourth-order valence-corrected chi connectivity index (χ4v) is 6.31. The Balaban J connectivity index is 1.19. The number of benzene rings is 1. The van der Waals surface area contributed by atoms with Crippen molar-refractivity contribution in [3.8, 4) is 22.4 Å². The number of nitrogens with one attached hydrogen (secondary N) is 3. The summed E-state index contributed by atoms with van der Waals surface area (Å²) in [6.45, 7) is 2.12. The summed E-state index contributed by atoms with van der Waals surface area (Å²) in [5.74, 6) is 0.844. The summed E-state index contributed by atoms with van der Waals surface area (Å²) in [4.78, 5) is 4.59. The molecule has 2 aliphatic rings. The molecule has 0 unspecified atom stereocenters. The normalized spacial score (nSPS) is 22.8. The molecule has 4 heterocycles. The first-order chi connectivity index (χ1) is 15.3. The molecule has 0 amide bonds. The highest BCUT2D eigenvalue weighted by molar-refractivity contribution is 7.17. The summed E-state index contributed by atoms with van der Waals surface area (Å²) in [6, 6.07) is 9.00. The average molecular weight is 432 g/mol. The maximum Gasteiger partial charge on any atom is 0.148 e. The van der Waals surface area contributed by atoms with Crippen LogP contribution in [-0.2, 0) is 0 Å². The van der Waals surface area contributed by atoms with Gasteiger partial charge in [0, 0.05) is 35.5 Å². The number of rotatable bonds is 6. The molecule has 1 aliphatic carbocycles. The third-order valence-corrected chi connectivity index (χ3v) is 7.94. The molecule has 0 radical (unpaired) electrons. The molecule has 1 saturated carbocycles. The van der Waals surface area contributed by atoms with Crippen molar-refractivity contribution in [2.75, 3.05) is 18.4 Å². The van der Waals surface area contributed by atoms with Gasteiger partial charge in [-0.2, -0.15) is 5.10 Å². The van der Waals surface area contributed by atoms with E-state index in [-0.39, 0.29) is 0 Å². The van der Waals surface area contributed by atoms with Crippen molar-refractivity contribution < 1.29 is 0 Å². The van der Waals surface area contributed by atoms with Crippen LogP contribution in [0.1, 0.15) is 32.1 Å². The molecule has 1 aromatic carbocycles. The van der Waals surface area contributed by atoms with E-state index in [1.807, 2.05) is 24.0 Å². The molecule has 3 N–H and O–H groups in total. The van der Waals surface area contributed by atoms with Crippen molar-refractivity contribution in [2.24, 2.45) is 5.41 Å². The van der Waals surface area contributed by atoms with Crippen LogP contribution in [0, 0.1) is 5.41 Å². The lowest BCUT2D eigenvalue weighted by Crippen LogP contribution is -2.33. The molecule has 0 bridgehead atoms. The molecule has 2 atom stereocenters. The van der Waals surface area contributed by atoms with Gasteiger partial charge in [-0.05, 0) is 49.8 Å². The average Bonchev–Trinajstić information content (AvgIpc) is 3.57. The fraction of sp³-hybridized carbons (Fsp3) is 0.391. The molecule has 31 heavy (non-hydrogen) atoms. The first-order valence-corrected chi connectivity index (χ1v) is 11.9. The number of hydrogen-bond donors (Lipinski definition) is 3. The molecule has 8 heteroatoms. The highest BCUT2D eigenvalue weighted by atomic mass is 32.1. The van der Waals surface area contributed by atoms with Crippen LogP contribution < -0.4 is 10.6 Å². The zero-order valence-electron chi connectivity index (χ0n) is 17.3. The minimum atomic E-state index is 0.495. The molecular weight excluding hydrogens is 406 g/mol. The third-order valence-electron chi connectivity index (χ3n) is 7.08. The SMILES string of the molecule is c1nc2c(-c3cn[nH]c3)ccc(-c3ccc(NCC[C@]45CCC[C@H]4NCC5)nn3)c2s1. The van der Waals surface area contributed by atoms with Gasteiger partial charge in [-0.3, -0.25) is 5.10 Å². The predicted octanol–water partition coefficient (Wildman–Crippen LogP) is 4.48. The summed E-state index contributed by atoms with van der Waals surface area (Å²) < 4.78 is 1.12. The summed E-state index contributed by atoms with van der Waals surface area (Å²) in [5, 5.41) is 23.1. The van der Waals surface area contributed by atoms with E-state index in [1.165, 1.54) is 38.6 Å². The van der Waals surface area contributed by atoms with Gasteiger partial charge < -0.3 is 10.6 Å². The van der Waals surface area contributed by atoms with Crippen molar-refractivity contribution in [1.82, 2.24) is 30.7 Å². The second-order valence-electron chi connectivity index (χ2n) is 8.67. The molecule has 6 rings (SSSR count). The van der Waals surface area contributed by atoms with Crippen LogP contribution >= 0.6 is 11.3 Å². The van der Waals surface area contributed by atoms with Crippen molar-refractivity contribution in [1.29, 1.82) is 0 Å². The van der Waals surface area contributed by atoms with E-state index in [0.29, 0.717) is 5.41 Å². The zero-order chi connectivity index (χ0) is 20.7. The fourth-order valence-electron chi connectivity index (χ4n) is 5.47. The lowest BCUT2D eigenvalue weighted by atomic mass is 9.79. The minimum absolute atomic E-state index is 0.495. The first-order valence-electron chi connectivity index (χ1n) is 11.0. The Morgan fingerprint density at radius 1 is 1.13 bits per heavy atom. The Hall–Kier alpha value is -2.84. The number of fused-ring (bicyclic) bond motifs is 2. The van der Waals surface area contributed by atoms with Crippen LogP contribution in [-0.4, -0.2) is 44.5 Å². The van der Waals surface area contributed by atoms with Crippen molar-refractivity contribution in [3.63, 3.8) is 0 Å². The second kappa shape index (κ2) is 7.69. The second-order valence-corrected chi connectivity index (χ2v) is 9.52. The van der Waals surface area contributed by atoms with Crippen LogP contribution in [0.2, 0.25) is 0 Å². The van der Waals surface area contributed by atoms with E-state index in [1.54, 1.807) is 11.3 Å². The van der Waals surface area contributed by atoms with E-state index in [2.05, 4.69) is 54.2 Å². The van der Waals surface area contributed by atoms with Crippen LogP contribution in [0.4, 0.5) is 5.82 Å². The summed E-state index contributed by atoms with van der Waals surface area (Å²) in [7, 11) is 0. The third kappa shape index (κ3) is 3.30. The van der Waals surface area contributed by atoms with Gasteiger partial charge in [0.1, 0.15) is 5.82 Å². The van der Waals surface area contributed by atoms with Gasteiger partial charge >= 0.3 is 0 Å². The van der Waals surface area contributed by atoms with Gasteiger partial charge in [-0.25, -0.2) is 4.98 Å². The smallest absolute Gasteiger partial charge is 0.148 e. The van der Waals surface area contributed by atoms with Gasteiger partial charge in [0.2, 0.25) is 0 Å². The Kier molecular flexibility index (Phi) is 4.69. The Labute approximate surface area is 184 Å². The molecular formula is C23H25N7S. The Morgan fingerprint density at radius 2 is 2.10 bits per heavy atom. The highest BCUT2D eigenvalue weighted by Crippen LogP contribution is 2.47. The lowest BCUT2D eigenvalue weighted by molar-refractivity contribution is 0.269. The summed E-state index contributed by atoms with van der Waals surface area (Å²) in [5.41, 5.74) is 7.40. The molecule has 1 aliphatic heterocycles. The van der Waals surface area contributed by atoms with E-state index in [4.69, 9.17) is 0 Å². The maximum absolute atomic E-state index is 4.59. The van der Waals surface area contributed by atoms with Crippen LogP contribution in [0.25, 0.3) is 32.6 Å². The first kappa shape index (κ1) is 18.9. The minimum Gasteiger partial charge on any atom is -0.369 e. The number of aromatic amines is 1. The van der Waals surface area contributed by atoms with Gasteiger partial charge in [0.05, 0.1) is 27.6 Å². The van der Waals surface area contributed by atoms with E-state index in [9.17, 15) is 0 Å². The molecule has 158 valence electrons. The standard InChI is InChI=1S/C23H25N7S/c1-2-19-23(7-1,8-10-24-19)9-11-25-20-6-5-18(29-30-20)17-4-3-16(15-12-27-28-13-15)21-22(17)31-14-26-21/h3-6,12-14,19,24H,1-2,7-11H2,(H,25,30)(H,27,28)/t19-,23-/m1/s1. The van der Waals surface area contributed by atoms with Crippen LogP contribution in [0.5, 0.6) is 0 Å². The van der Waals surface area contributed by atoms with Crippen molar-refractivity contribution in [2.45, 2.75) is 38.1 Å². The molecule has 3 aromatic heterocycles. The molecule has 2 fully saturated rings. The van der Waals surface area contributed by atoms with E-state index >= 15 is 0 Å². The van der Waals surface area contributed by atoms with Crippen LogP contribution in [0.15, 0.2) is 42.2 Å². The van der Waals surface area contributed by atoms with Gasteiger partial charge in [0.15, 0.2) is 0 Å². The van der Waals surface area contributed by atoms with Crippen molar-refractivity contribution in [3.05, 3.63) is 42.2 Å². The van der Waals surface area contributed by atoms with E-state index < -0.39 is 0 Å². The number of anilines is 1. The highest BCUT2D eigenvalue weighted by Gasteiger charge is 2.45. The lowest BCUT2D eigenvalue weighted by Gasteiger charge is -2.28. The summed E-state index contributed by atoms with van der Waals surface area (Å²) >= 11 is 1.63. The monoisotopic (exact) mass is 431 g/mol. The largest absolute Gasteiger partial charge is 0.369 e. The van der Waals surface area contributed by atoms with Gasteiger partial charge in [-0.1, -0.05) is 18.6 Å². The molecule has 1 saturated heterocycles. The van der Waals surface area contributed by atoms with Gasteiger partial charge in [0.25, 0.3) is 0 Å². The van der Waals surface area contributed by atoms with Gasteiger partial charge in [-0.15, -0.1) is 21.5 Å². The molecule has 4 aromatic rings. The maximum atomic E-state index is 4.59. The van der Waals surface area contributed by atoms with Crippen LogP contribution in [0.3, 0.4) is 0 Å². The number of aromatic nitrogens is 5. The number of thiazole rings is 1. The Morgan fingerprint density at radius 3 is 2.97 bits per heavy atom. The quantitative estimate of drug-likeness (QED) is 0.417. The summed E-state index contributed by atoms with van der Waals surface area (Å²) in [6.07, 6.45) is 10.3. The zero-order valence-corrected chi connectivity index (χ0v) is 18.1.